The van der Waals surface area contributed by atoms with Crippen molar-refractivity contribution >= 4 is 11.6 Å². The van der Waals surface area contributed by atoms with E-state index in [9.17, 15) is 0 Å². The molecule has 1 aromatic heterocycles. The van der Waals surface area contributed by atoms with Crippen LogP contribution in [0.4, 0.5) is 0 Å². The number of aryl methyl sites for hydroxylation is 1. The van der Waals surface area contributed by atoms with Gasteiger partial charge in [-0.25, -0.2) is 0 Å². The first-order valence-corrected chi connectivity index (χ1v) is 6.26. The maximum Gasteiger partial charge on any atom is 0.175 e. The van der Waals surface area contributed by atoms with Crippen LogP contribution in [0.5, 0.6) is 0 Å². The molecule has 94 valence electrons. The van der Waals surface area contributed by atoms with Crippen LogP contribution in [0, 0.1) is 0 Å². The molecule has 0 amide bonds. The molecule has 0 saturated carbocycles. The van der Waals surface area contributed by atoms with E-state index in [1.54, 1.807) is 7.05 Å². The molecule has 0 atom stereocenters. The lowest BCUT2D eigenvalue weighted by Crippen LogP contribution is -2.58. The molecule has 18 heavy (non-hydrogen) atoms. The minimum Gasteiger partial charge on any atom is -0.315 e. The van der Waals surface area contributed by atoms with Crippen LogP contribution in [0.25, 0.3) is 0 Å². The Morgan fingerprint density at radius 2 is 2.17 bits per heavy atom. The lowest BCUT2D eigenvalue weighted by Gasteiger charge is -2.43. The Balaban J connectivity index is 1.93. The third-order valence-electron chi connectivity index (χ3n) is 3.42. The van der Waals surface area contributed by atoms with Crippen molar-refractivity contribution in [2.75, 3.05) is 13.1 Å². The first kappa shape index (κ1) is 11.6. The van der Waals surface area contributed by atoms with Crippen LogP contribution in [0.1, 0.15) is 11.4 Å². The molecule has 2 aromatic rings. The molecule has 1 aromatic carbocycles. The SMILES string of the molecule is Cn1nnc(CC2(c3ccccc3Cl)CNC2)n1. The monoisotopic (exact) mass is 263 g/mol. The molecule has 0 spiro atoms. The van der Waals surface area contributed by atoms with Crippen molar-refractivity contribution in [2.24, 2.45) is 7.05 Å². The summed E-state index contributed by atoms with van der Waals surface area (Å²) in [5, 5.41) is 16.3. The van der Waals surface area contributed by atoms with E-state index in [1.807, 2.05) is 18.2 Å². The second-order valence-corrected chi connectivity index (χ2v) is 5.14. The molecule has 1 saturated heterocycles. The summed E-state index contributed by atoms with van der Waals surface area (Å²) in [7, 11) is 1.78. The van der Waals surface area contributed by atoms with Gasteiger partial charge in [0.25, 0.3) is 0 Å². The lowest BCUT2D eigenvalue weighted by atomic mass is 9.72. The van der Waals surface area contributed by atoms with Crippen LogP contribution >= 0.6 is 11.6 Å². The van der Waals surface area contributed by atoms with Gasteiger partial charge in [-0.2, -0.15) is 4.80 Å². The quantitative estimate of drug-likeness (QED) is 0.896. The zero-order valence-electron chi connectivity index (χ0n) is 10.1. The van der Waals surface area contributed by atoms with Gasteiger partial charge < -0.3 is 5.32 Å². The first-order chi connectivity index (χ1) is 8.70. The van der Waals surface area contributed by atoms with Crippen LogP contribution in [0.15, 0.2) is 24.3 Å². The third-order valence-corrected chi connectivity index (χ3v) is 3.75. The summed E-state index contributed by atoms with van der Waals surface area (Å²) in [6.07, 6.45) is 0.761. The number of hydrogen-bond acceptors (Lipinski definition) is 4. The van der Waals surface area contributed by atoms with Gasteiger partial charge in [0.2, 0.25) is 0 Å². The minimum atomic E-state index is 0.00137. The topological polar surface area (TPSA) is 55.6 Å². The molecule has 1 aliphatic rings. The van der Waals surface area contributed by atoms with Crippen molar-refractivity contribution in [3.63, 3.8) is 0 Å². The molecule has 0 bridgehead atoms. The molecular formula is C12H14ClN5. The average molecular weight is 264 g/mol. The zero-order valence-corrected chi connectivity index (χ0v) is 10.9. The summed E-state index contributed by atoms with van der Waals surface area (Å²) < 4.78 is 0. The molecule has 1 N–H and O–H groups in total. The zero-order chi connectivity index (χ0) is 12.6. The fourth-order valence-electron chi connectivity index (χ4n) is 2.43. The maximum absolute atomic E-state index is 6.30. The molecule has 2 heterocycles. The van der Waals surface area contributed by atoms with E-state index in [4.69, 9.17) is 11.6 Å². The number of tetrazole rings is 1. The summed E-state index contributed by atoms with van der Waals surface area (Å²) in [4.78, 5) is 1.49. The number of hydrogen-bond donors (Lipinski definition) is 1. The van der Waals surface area contributed by atoms with Crippen LogP contribution in [-0.4, -0.2) is 33.3 Å². The van der Waals surface area contributed by atoms with Gasteiger partial charge >= 0.3 is 0 Å². The van der Waals surface area contributed by atoms with Crippen molar-refractivity contribution in [1.29, 1.82) is 0 Å². The molecule has 0 unspecified atom stereocenters. The lowest BCUT2D eigenvalue weighted by molar-refractivity contribution is 0.270. The molecule has 1 aliphatic heterocycles. The predicted molar refractivity (Wildman–Crippen MR) is 68.5 cm³/mol. The highest BCUT2D eigenvalue weighted by atomic mass is 35.5. The molecule has 0 radical (unpaired) electrons. The Kier molecular flexibility index (Phi) is 2.80. The normalized spacial score (nSPS) is 17.4. The van der Waals surface area contributed by atoms with Gasteiger partial charge in [0, 0.05) is 29.9 Å². The van der Waals surface area contributed by atoms with Crippen molar-refractivity contribution in [3.05, 3.63) is 40.7 Å². The van der Waals surface area contributed by atoms with Crippen molar-refractivity contribution < 1.29 is 0 Å². The Labute approximate surface area is 110 Å². The highest BCUT2D eigenvalue weighted by molar-refractivity contribution is 6.31. The Bertz CT molecular complexity index is 561. The smallest absolute Gasteiger partial charge is 0.175 e. The fraction of sp³-hybridized carbons (Fsp3) is 0.417. The average Bonchev–Trinajstić information content (AvgIpc) is 2.71. The van der Waals surface area contributed by atoms with Gasteiger partial charge in [0.05, 0.1) is 7.05 Å². The first-order valence-electron chi connectivity index (χ1n) is 5.88. The van der Waals surface area contributed by atoms with Gasteiger partial charge in [0.15, 0.2) is 5.82 Å². The number of aromatic nitrogens is 4. The predicted octanol–water partition coefficient (Wildman–Crippen LogP) is 0.947. The van der Waals surface area contributed by atoms with Gasteiger partial charge in [-0.05, 0) is 16.8 Å². The van der Waals surface area contributed by atoms with E-state index >= 15 is 0 Å². The van der Waals surface area contributed by atoms with Crippen LogP contribution in [-0.2, 0) is 18.9 Å². The Hall–Kier alpha value is -1.46. The summed E-state index contributed by atoms with van der Waals surface area (Å²) in [5.74, 6) is 0.763. The van der Waals surface area contributed by atoms with Gasteiger partial charge in [-0.15, -0.1) is 10.2 Å². The number of halogens is 1. The molecular weight excluding hydrogens is 250 g/mol. The summed E-state index contributed by atoms with van der Waals surface area (Å²) >= 11 is 6.30. The van der Waals surface area contributed by atoms with Crippen LogP contribution < -0.4 is 5.32 Å². The second-order valence-electron chi connectivity index (χ2n) is 4.74. The van der Waals surface area contributed by atoms with E-state index in [2.05, 4.69) is 26.8 Å². The van der Waals surface area contributed by atoms with E-state index in [1.165, 1.54) is 4.80 Å². The number of rotatable bonds is 3. The number of benzene rings is 1. The molecule has 3 rings (SSSR count). The van der Waals surface area contributed by atoms with Crippen LogP contribution in [0.2, 0.25) is 5.02 Å². The maximum atomic E-state index is 6.30. The van der Waals surface area contributed by atoms with E-state index in [0.29, 0.717) is 0 Å². The van der Waals surface area contributed by atoms with Gasteiger partial charge in [0.1, 0.15) is 0 Å². The molecule has 0 aliphatic carbocycles. The summed E-state index contributed by atoms with van der Waals surface area (Å²) in [6, 6.07) is 7.98. The Morgan fingerprint density at radius 3 is 2.72 bits per heavy atom. The highest BCUT2D eigenvalue weighted by Gasteiger charge is 2.41. The van der Waals surface area contributed by atoms with Crippen molar-refractivity contribution in [2.45, 2.75) is 11.8 Å². The largest absolute Gasteiger partial charge is 0.315 e. The highest BCUT2D eigenvalue weighted by Crippen LogP contribution is 2.35. The van der Waals surface area contributed by atoms with Crippen LogP contribution in [0.3, 0.4) is 0 Å². The molecule has 5 nitrogen and oxygen atoms in total. The Morgan fingerprint density at radius 1 is 1.39 bits per heavy atom. The molecule has 1 fully saturated rings. The fourth-order valence-corrected chi connectivity index (χ4v) is 2.76. The van der Waals surface area contributed by atoms with Gasteiger partial charge in [-0.3, -0.25) is 0 Å². The van der Waals surface area contributed by atoms with Gasteiger partial charge in [-0.1, -0.05) is 29.8 Å². The number of nitrogens with one attached hydrogen (secondary N) is 1. The van der Waals surface area contributed by atoms with E-state index in [-0.39, 0.29) is 5.41 Å². The minimum absolute atomic E-state index is 0.00137. The van der Waals surface area contributed by atoms with E-state index < -0.39 is 0 Å². The second kappa shape index (κ2) is 4.33. The van der Waals surface area contributed by atoms with Crippen molar-refractivity contribution in [1.82, 2.24) is 25.5 Å². The van der Waals surface area contributed by atoms with E-state index in [0.717, 1.165) is 35.9 Å². The summed E-state index contributed by atoms with van der Waals surface area (Å²) in [6.45, 7) is 1.80. The number of nitrogens with zero attached hydrogens (tertiary/aromatic N) is 4. The standard InChI is InChI=1S/C12H14ClN5/c1-18-16-11(15-17-18)6-12(7-14-8-12)9-4-2-3-5-10(9)13/h2-5,14H,6-8H2,1H3. The van der Waals surface area contributed by atoms with Crippen molar-refractivity contribution in [3.8, 4) is 0 Å². The summed E-state index contributed by atoms with van der Waals surface area (Å²) in [5.41, 5.74) is 1.17. The third kappa shape index (κ3) is 1.89. The molecule has 6 heteroatoms.